The van der Waals surface area contributed by atoms with Gasteiger partial charge in [-0.1, -0.05) is 0 Å². The van der Waals surface area contributed by atoms with Crippen LogP contribution in [0.3, 0.4) is 0 Å². The number of rotatable bonds is 3. The van der Waals surface area contributed by atoms with E-state index in [9.17, 15) is 14.0 Å². The molecule has 0 aliphatic rings. The molecule has 0 aliphatic heterocycles. The minimum Gasteiger partial charge on any atom is -0.480 e. The second-order valence-electron chi connectivity index (χ2n) is 2.83. The largest absolute Gasteiger partial charge is 0.480 e. The zero-order valence-electron chi connectivity index (χ0n) is 7.96. The van der Waals surface area contributed by atoms with Crippen LogP contribution in [0.1, 0.15) is 0 Å². The Morgan fingerprint density at radius 3 is 2.75 bits per heavy atom. The molecule has 0 saturated heterocycles. The monoisotopic (exact) mass is 290 g/mol. The Bertz CT molecular complexity index is 425. The van der Waals surface area contributed by atoms with Crippen LogP contribution in [0.25, 0.3) is 0 Å². The fourth-order valence-corrected chi connectivity index (χ4v) is 1.26. The first kappa shape index (κ1) is 12.4. The summed E-state index contributed by atoms with van der Waals surface area (Å²) < 4.78 is 13.3. The molecule has 0 atom stereocenters. The van der Waals surface area contributed by atoms with Crippen LogP contribution in [0.2, 0.25) is 0 Å². The minimum atomic E-state index is -1.16. The van der Waals surface area contributed by atoms with E-state index in [1.54, 1.807) is 0 Å². The van der Waals surface area contributed by atoms with Crippen molar-refractivity contribution in [3.05, 3.63) is 28.5 Å². The van der Waals surface area contributed by atoms with Gasteiger partial charge in [-0.05, 0) is 34.1 Å². The number of anilines is 1. The third-order valence-electron chi connectivity index (χ3n) is 1.58. The van der Waals surface area contributed by atoms with Crippen molar-refractivity contribution < 1.29 is 19.1 Å². The van der Waals surface area contributed by atoms with E-state index >= 15 is 0 Å². The summed E-state index contributed by atoms with van der Waals surface area (Å²) in [7, 11) is 0. The first-order chi connectivity index (χ1) is 7.49. The molecule has 7 heteroatoms. The van der Waals surface area contributed by atoms with Crippen molar-refractivity contribution in [2.75, 3.05) is 11.9 Å². The molecule has 86 valence electrons. The zero-order valence-corrected chi connectivity index (χ0v) is 9.54. The molecule has 0 bridgehead atoms. The van der Waals surface area contributed by atoms with Crippen LogP contribution in [0.4, 0.5) is 14.9 Å². The van der Waals surface area contributed by atoms with Crippen molar-refractivity contribution in [1.82, 2.24) is 5.32 Å². The van der Waals surface area contributed by atoms with Gasteiger partial charge >= 0.3 is 12.0 Å². The van der Waals surface area contributed by atoms with Crippen LogP contribution in [-0.4, -0.2) is 23.7 Å². The summed E-state index contributed by atoms with van der Waals surface area (Å²) in [4.78, 5) is 21.3. The van der Waals surface area contributed by atoms with Gasteiger partial charge in [-0.2, -0.15) is 0 Å². The van der Waals surface area contributed by atoms with Crippen molar-refractivity contribution in [2.24, 2.45) is 0 Å². The third-order valence-corrected chi connectivity index (χ3v) is 2.27. The smallest absolute Gasteiger partial charge is 0.323 e. The van der Waals surface area contributed by atoms with Crippen LogP contribution >= 0.6 is 15.9 Å². The van der Waals surface area contributed by atoms with Gasteiger partial charge in [0.2, 0.25) is 0 Å². The van der Waals surface area contributed by atoms with E-state index in [1.165, 1.54) is 12.1 Å². The SMILES string of the molecule is O=C(O)CNC(=O)Nc1cc(F)ccc1Br. The molecule has 0 saturated carbocycles. The van der Waals surface area contributed by atoms with Gasteiger partial charge in [0.1, 0.15) is 12.4 Å². The number of carboxylic acid groups (broad SMARTS) is 1. The van der Waals surface area contributed by atoms with E-state index in [-0.39, 0.29) is 5.69 Å². The van der Waals surface area contributed by atoms with Crippen LogP contribution in [-0.2, 0) is 4.79 Å². The standard InChI is InChI=1S/C9H8BrFN2O3/c10-6-2-1-5(11)3-7(6)13-9(16)12-4-8(14)15/h1-3H,4H2,(H,14,15)(H2,12,13,16). The van der Waals surface area contributed by atoms with E-state index in [0.29, 0.717) is 4.47 Å². The summed E-state index contributed by atoms with van der Waals surface area (Å²) in [5, 5.41) is 12.7. The highest BCUT2D eigenvalue weighted by atomic mass is 79.9. The summed E-state index contributed by atoms with van der Waals surface area (Å²) in [6.07, 6.45) is 0. The molecule has 0 fully saturated rings. The number of halogens is 2. The number of hydrogen-bond acceptors (Lipinski definition) is 2. The van der Waals surface area contributed by atoms with Crippen molar-refractivity contribution in [3.63, 3.8) is 0 Å². The Morgan fingerprint density at radius 1 is 1.44 bits per heavy atom. The topological polar surface area (TPSA) is 78.4 Å². The van der Waals surface area contributed by atoms with E-state index < -0.39 is 24.4 Å². The molecule has 0 radical (unpaired) electrons. The van der Waals surface area contributed by atoms with Gasteiger partial charge in [0.05, 0.1) is 5.69 Å². The molecule has 1 rings (SSSR count). The number of amides is 2. The summed E-state index contributed by atoms with van der Waals surface area (Å²) in [6, 6.07) is 3.06. The summed E-state index contributed by atoms with van der Waals surface area (Å²) in [5.74, 6) is -1.66. The predicted octanol–water partition coefficient (Wildman–Crippen LogP) is 1.79. The summed E-state index contributed by atoms with van der Waals surface area (Å²) >= 11 is 3.11. The lowest BCUT2D eigenvalue weighted by atomic mass is 10.3. The number of aliphatic carboxylic acids is 1. The number of carbonyl (C=O) groups excluding carboxylic acids is 1. The lowest BCUT2D eigenvalue weighted by Gasteiger charge is -2.07. The third kappa shape index (κ3) is 3.85. The molecule has 5 nitrogen and oxygen atoms in total. The molecule has 0 spiro atoms. The minimum absolute atomic E-state index is 0.225. The number of nitrogens with one attached hydrogen (secondary N) is 2. The van der Waals surface area contributed by atoms with Gasteiger partial charge in [-0.15, -0.1) is 0 Å². The Kier molecular flexibility index (Phi) is 4.24. The summed E-state index contributed by atoms with van der Waals surface area (Å²) in [6.45, 7) is -0.501. The van der Waals surface area contributed by atoms with Crippen LogP contribution in [0, 0.1) is 5.82 Å². The van der Waals surface area contributed by atoms with Gasteiger partial charge in [0, 0.05) is 4.47 Å². The van der Waals surface area contributed by atoms with Gasteiger partial charge in [-0.25, -0.2) is 9.18 Å². The Morgan fingerprint density at radius 2 is 2.12 bits per heavy atom. The fourth-order valence-electron chi connectivity index (χ4n) is 0.916. The Hall–Kier alpha value is -1.63. The lowest BCUT2D eigenvalue weighted by molar-refractivity contribution is -0.135. The predicted molar refractivity (Wildman–Crippen MR) is 58.8 cm³/mol. The molecule has 0 heterocycles. The number of hydrogen-bond donors (Lipinski definition) is 3. The van der Waals surface area contributed by atoms with Crippen molar-refractivity contribution >= 4 is 33.6 Å². The molecule has 16 heavy (non-hydrogen) atoms. The van der Waals surface area contributed by atoms with Gasteiger partial charge in [0.15, 0.2) is 0 Å². The average Bonchev–Trinajstić information content (AvgIpc) is 2.20. The molecule has 0 aliphatic carbocycles. The zero-order chi connectivity index (χ0) is 12.1. The van der Waals surface area contributed by atoms with Crippen molar-refractivity contribution in [2.45, 2.75) is 0 Å². The quantitative estimate of drug-likeness (QED) is 0.794. The molecule has 2 amide bonds. The second kappa shape index (κ2) is 5.45. The first-order valence-corrected chi connectivity index (χ1v) is 5.00. The molecule has 0 unspecified atom stereocenters. The molecular formula is C9H8BrFN2O3. The van der Waals surface area contributed by atoms with Crippen molar-refractivity contribution in [1.29, 1.82) is 0 Å². The normalized spacial score (nSPS) is 9.62. The van der Waals surface area contributed by atoms with Gasteiger partial charge in [-0.3, -0.25) is 4.79 Å². The van der Waals surface area contributed by atoms with Crippen LogP contribution < -0.4 is 10.6 Å². The maximum atomic E-state index is 12.8. The molecule has 1 aromatic rings. The average molecular weight is 291 g/mol. The van der Waals surface area contributed by atoms with Gasteiger partial charge in [0.25, 0.3) is 0 Å². The number of carboxylic acids is 1. The van der Waals surface area contributed by atoms with Crippen LogP contribution in [0.5, 0.6) is 0 Å². The Labute approximate surface area is 98.8 Å². The molecule has 1 aromatic carbocycles. The molecular weight excluding hydrogens is 283 g/mol. The fraction of sp³-hybridized carbons (Fsp3) is 0.111. The van der Waals surface area contributed by atoms with E-state index in [2.05, 4.69) is 26.6 Å². The van der Waals surface area contributed by atoms with E-state index in [4.69, 9.17) is 5.11 Å². The highest BCUT2D eigenvalue weighted by Crippen LogP contribution is 2.22. The maximum absolute atomic E-state index is 12.8. The molecule has 3 N–H and O–H groups in total. The maximum Gasteiger partial charge on any atom is 0.323 e. The van der Waals surface area contributed by atoms with Gasteiger partial charge < -0.3 is 15.7 Å². The highest BCUT2D eigenvalue weighted by Gasteiger charge is 2.07. The van der Waals surface area contributed by atoms with E-state index in [1.807, 2.05) is 0 Å². The van der Waals surface area contributed by atoms with E-state index in [0.717, 1.165) is 6.07 Å². The number of carbonyl (C=O) groups is 2. The number of benzene rings is 1. The lowest BCUT2D eigenvalue weighted by Crippen LogP contribution is -2.33. The first-order valence-electron chi connectivity index (χ1n) is 4.20. The summed E-state index contributed by atoms with van der Waals surface area (Å²) in [5.41, 5.74) is 0.225. The Balaban J connectivity index is 2.62. The number of urea groups is 1. The van der Waals surface area contributed by atoms with Crippen molar-refractivity contribution in [3.8, 4) is 0 Å². The molecule has 0 aromatic heterocycles. The second-order valence-corrected chi connectivity index (χ2v) is 3.68. The highest BCUT2D eigenvalue weighted by molar-refractivity contribution is 9.10. The van der Waals surface area contributed by atoms with Crippen LogP contribution in [0.15, 0.2) is 22.7 Å².